The number of carbonyl (C=O) groups is 1. The standard InChI is InChI=1S/C13H14N2O2S/c1-8-9(2)18-13(14-8)15-11-4-5-12(17-3)10(6-11)7-16/h4-7H,1-3H3,(H,14,15). The third-order valence-electron chi connectivity index (χ3n) is 2.64. The Labute approximate surface area is 110 Å². The van der Waals surface area contributed by atoms with Gasteiger partial charge in [-0.05, 0) is 32.0 Å². The number of nitrogens with one attached hydrogen (secondary N) is 1. The average molecular weight is 262 g/mol. The van der Waals surface area contributed by atoms with Gasteiger partial charge in [0.25, 0.3) is 0 Å². The first kappa shape index (κ1) is 12.6. The van der Waals surface area contributed by atoms with E-state index in [4.69, 9.17) is 4.74 Å². The van der Waals surface area contributed by atoms with Gasteiger partial charge >= 0.3 is 0 Å². The van der Waals surface area contributed by atoms with Crippen LogP contribution < -0.4 is 10.1 Å². The lowest BCUT2D eigenvalue weighted by Crippen LogP contribution is -1.94. The maximum atomic E-state index is 10.9. The van der Waals surface area contributed by atoms with E-state index in [-0.39, 0.29) is 0 Å². The van der Waals surface area contributed by atoms with E-state index in [2.05, 4.69) is 10.3 Å². The zero-order valence-corrected chi connectivity index (χ0v) is 11.3. The number of ether oxygens (including phenoxy) is 1. The molecule has 0 saturated carbocycles. The van der Waals surface area contributed by atoms with Crippen LogP contribution in [0.15, 0.2) is 18.2 Å². The second-order valence-electron chi connectivity index (χ2n) is 3.86. The fraction of sp³-hybridized carbons (Fsp3) is 0.231. The van der Waals surface area contributed by atoms with Crippen molar-refractivity contribution in [2.24, 2.45) is 0 Å². The number of rotatable bonds is 4. The Hall–Kier alpha value is -1.88. The van der Waals surface area contributed by atoms with Crippen molar-refractivity contribution in [2.75, 3.05) is 12.4 Å². The van der Waals surface area contributed by atoms with Gasteiger partial charge in [0.1, 0.15) is 5.75 Å². The van der Waals surface area contributed by atoms with Gasteiger partial charge in [-0.3, -0.25) is 4.79 Å². The molecule has 0 atom stereocenters. The summed E-state index contributed by atoms with van der Waals surface area (Å²) in [5.41, 5.74) is 2.37. The molecular weight excluding hydrogens is 248 g/mol. The molecule has 0 unspecified atom stereocenters. The van der Waals surface area contributed by atoms with Crippen LogP contribution in [0.1, 0.15) is 20.9 Å². The minimum Gasteiger partial charge on any atom is -0.496 e. The van der Waals surface area contributed by atoms with Gasteiger partial charge in [0.2, 0.25) is 0 Å². The first-order chi connectivity index (χ1) is 8.63. The van der Waals surface area contributed by atoms with Crippen molar-refractivity contribution in [3.63, 3.8) is 0 Å². The lowest BCUT2D eigenvalue weighted by Gasteiger charge is -2.07. The summed E-state index contributed by atoms with van der Waals surface area (Å²) in [4.78, 5) is 16.5. The average Bonchev–Trinajstić information content (AvgIpc) is 2.68. The lowest BCUT2D eigenvalue weighted by atomic mass is 10.2. The quantitative estimate of drug-likeness (QED) is 0.859. The van der Waals surface area contributed by atoms with E-state index in [1.54, 1.807) is 30.6 Å². The monoisotopic (exact) mass is 262 g/mol. The number of aromatic nitrogens is 1. The number of nitrogens with zero attached hydrogens (tertiary/aromatic N) is 1. The molecule has 0 spiro atoms. The Morgan fingerprint density at radius 1 is 1.39 bits per heavy atom. The molecule has 1 aromatic heterocycles. The molecule has 1 N–H and O–H groups in total. The van der Waals surface area contributed by atoms with Crippen LogP contribution in [0.2, 0.25) is 0 Å². The molecule has 0 fully saturated rings. The number of carbonyl (C=O) groups excluding carboxylic acids is 1. The normalized spacial score (nSPS) is 10.2. The number of aldehydes is 1. The Bertz CT molecular complexity index is 559. The summed E-state index contributed by atoms with van der Waals surface area (Å²) in [6.07, 6.45) is 0.780. The summed E-state index contributed by atoms with van der Waals surface area (Å²) in [5, 5.41) is 4.01. The fourth-order valence-corrected chi connectivity index (χ4v) is 2.39. The van der Waals surface area contributed by atoms with E-state index >= 15 is 0 Å². The number of aryl methyl sites for hydroxylation is 2. The van der Waals surface area contributed by atoms with Gasteiger partial charge in [0.05, 0.1) is 18.4 Å². The fourth-order valence-electron chi connectivity index (χ4n) is 1.55. The minimum absolute atomic E-state index is 0.521. The molecule has 4 nitrogen and oxygen atoms in total. The van der Waals surface area contributed by atoms with Crippen LogP contribution in [0, 0.1) is 13.8 Å². The molecule has 1 heterocycles. The van der Waals surface area contributed by atoms with Crippen LogP contribution >= 0.6 is 11.3 Å². The number of methoxy groups -OCH3 is 1. The zero-order chi connectivity index (χ0) is 13.1. The van der Waals surface area contributed by atoms with Gasteiger partial charge in [-0.1, -0.05) is 0 Å². The molecule has 5 heteroatoms. The predicted molar refractivity (Wildman–Crippen MR) is 73.3 cm³/mol. The van der Waals surface area contributed by atoms with Crippen molar-refractivity contribution in [3.05, 3.63) is 34.3 Å². The summed E-state index contributed by atoms with van der Waals surface area (Å²) in [5.74, 6) is 0.571. The van der Waals surface area contributed by atoms with Crippen LogP contribution in [0.3, 0.4) is 0 Å². The Morgan fingerprint density at radius 3 is 2.72 bits per heavy atom. The van der Waals surface area contributed by atoms with E-state index in [1.165, 1.54) is 4.88 Å². The minimum atomic E-state index is 0.521. The van der Waals surface area contributed by atoms with Gasteiger partial charge in [0.15, 0.2) is 11.4 Å². The van der Waals surface area contributed by atoms with E-state index in [9.17, 15) is 4.79 Å². The molecule has 0 bridgehead atoms. The molecular formula is C13H14N2O2S. The number of hydrogen-bond donors (Lipinski definition) is 1. The summed E-state index contributed by atoms with van der Waals surface area (Å²) < 4.78 is 5.09. The molecule has 0 amide bonds. The maximum Gasteiger partial charge on any atom is 0.187 e. The van der Waals surface area contributed by atoms with E-state index < -0.39 is 0 Å². The molecule has 0 aliphatic rings. The predicted octanol–water partition coefficient (Wildman–Crippen LogP) is 3.32. The maximum absolute atomic E-state index is 10.9. The van der Waals surface area contributed by atoms with Crippen molar-refractivity contribution in [3.8, 4) is 5.75 Å². The highest BCUT2D eigenvalue weighted by Crippen LogP contribution is 2.27. The highest BCUT2D eigenvalue weighted by atomic mass is 32.1. The molecule has 18 heavy (non-hydrogen) atoms. The van der Waals surface area contributed by atoms with Gasteiger partial charge in [-0.2, -0.15) is 0 Å². The van der Waals surface area contributed by atoms with Crippen molar-refractivity contribution in [1.82, 2.24) is 4.98 Å². The van der Waals surface area contributed by atoms with Crippen molar-refractivity contribution in [1.29, 1.82) is 0 Å². The van der Waals surface area contributed by atoms with Crippen molar-refractivity contribution in [2.45, 2.75) is 13.8 Å². The molecule has 0 aliphatic heterocycles. The number of thiazole rings is 1. The van der Waals surface area contributed by atoms with Crippen LogP contribution in [-0.4, -0.2) is 18.4 Å². The molecule has 1 aromatic carbocycles. The number of anilines is 2. The van der Waals surface area contributed by atoms with Gasteiger partial charge < -0.3 is 10.1 Å². The smallest absolute Gasteiger partial charge is 0.187 e. The molecule has 0 aliphatic carbocycles. The van der Waals surface area contributed by atoms with Gasteiger partial charge in [-0.25, -0.2) is 4.98 Å². The first-order valence-corrected chi connectivity index (χ1v) is 6.30. The van der Waals surface area contributed by atoms with Crippen LogP contribution in [0.4, 0.5) is 10.8 Å². The Morgan fingerprint density at radius 2 is 2.17 bits per heavy atom. The zero-order valence-electron chi connectivity index (χ0n) is 10.5. The van der Waals surface area contributed by atoms with E-state index in [0.29, 0.717) is 11.3 Å². The molecule has 0 radical (unpaired) electrons. The van der Waals surface area contributed by atoms with Gasteiger partial charge in [0, 0.05) is 10.6 Å². The second kappa shape index (κ2) is 5.18. The summed E-state index contributed by atoms with van der Waals surface area (Å²) in [6.45, 7) is 4.00. The second-order valence-corrected chi connectivity index (χ2v) is 5.06. The van der Waals surface area contributed by atoms with Crippen molar-refractivity contribution < 1.29 is 9.53 Å². The lowest BCUT2D eigenvalue weighted by molar-refractivity contribution is 0.112. The summed E-state index contributed by atoms with van der Waals surface area (Å²) >= 11 is 1.59. The molecule has 2 aromatic rings. The van der Waals surface area contributed by atoms with E-state index in [0.717, 1.165) is 22.8 Å². The highest BCUT2D eigenvalue weighted by molar-refractivity contribution is 7.15. The third kappa shape index (κ3) is 2.51. The van der Waals surface area contributed by atoms with Crippen LogP contribution in [0.5, 0.6) is 5.75 Å². The Kier molecular flexibility index (Phi) is 3.62. The van der Waals surface area contributed by atoms with Crippen LogP contribution in [-0.2, 0) is 0 Å². The largest absolute Gasteiger partial charge is 0.496 e. The topological polar surface area (TPSA) is 51.2 Å². The molecule has 94 valence electrons. The first-order valence-electron chi connectivity index (χ1n) is 5.48. The number of hydrogen-bond acceptors (Lipinski definition) is 5. The highest BCUT2D eigenvalue weighted by Gasteiger charge is 2.06. The summed E-state index contributed by atoms with van der Waals surface area (Å²) in [7, 11) is 1.54. The van der Waals surface area contributed by atoms with E-state index in [1.807, 2.05) is 19.9 Å². The molecule has 0 saturated heterocycles. The summed E-state index contributed by atoms with van der Waals surface area (Å²) in [6, 6.07) is 5.37. The number of benzene rings is 1. The Balaban J connectivity index is 2.26. The van der Waals surface area contributed by atoms with Crippen LogP contribution in [0.25, 0.3) is 0 Å². The third-order valence-corrected chi connectivity index (χ3v) is 3.62. The van der Waals surface area contributed by atoms with Gasteiger partial charge in [-0.15, -0.1) is 11.3 Å². The van der Waals surface area contributed by atoms with Crippen molar-refractivity contribution >= 4 is 28.4 Å². The molecule has 2 rings (SSSR count). The SMILES string of the molecule is COc1ccc(Nc2nc(C)c(C)s2)cc1C=O.